The molecule has 0 aliphatic carbocycles. The van der Waals surface area contributed by atoms with Crippen molar-refractivity contribution in [1.82, 2.24) is 0 Å². The zero-order valence-corrected chi connectivity index (χ0v) is 34.6. The fourth-order valence-corrected chi connectivity index (χ4v) is 5.80. The van der Waals surface area contributed by atoms with Gasteiger partial charge in [0, 0.05) is 12.8 Å². The summed E-state index contributed by atoms with van der Waals surface area (Å²) in [7, 11) is 1.14. The third kappa shape index (κ3) is 37.7. The molecule has 0 saturated carbocycles. The van der Waals surface area contributed by atoms with Gasteiger partial charge >= 0.3 is 11.9 Å². The maximum atomic E-state index is 12.6. The number of phosphoric acid groups is 1. The molecule has 0 aromatic heterocycles. The minimum absolute atomic E-state index is 0.0377. The molecule has 9 nitrogen and oxygen atoms in total. The number of quaternary nitrogens is 1. The van der Waals surface area contributed by atoms with Crippen molar-refractivity contribution < 1.29 is 42.1 Å². The molecule has 10 heteroatoms. The molecule has 0 rings (SSSR count). The van der Waals surface area contributed by atoms with Gasteiger partial charge in [-0.25, -0.2) is 0 Å². The maximum Gasteiger partial charge on any atom is 0.306 e. The molecule has 52 heavy (non-hydrogen) atoms. The van der Waals surface area contributed by atoms with Crippen LogP contribution in [-0.2, 0) is 32.7 Å². The molecule has 0 aromatic rings. The number of phosphoric ester groups is 1. The molecule has 0 bridgehead atoms. The van der Waals surface area contributed by atoms with E-state index < -0.39 is 32.5 Å². The molecular weight excluding hydrogens is 677 g/mol. The van der Waals surface area contributed by atoms with Crippen LogP contribution >= 0.6 is 7.82 Å². The van der Waals surface area contributed by atoms with Crippen LogP contribution in [0.3, 0.4) is 0 Å². The number of esters is 2. The van der Waals surface area contributed by atoms with Crippen LogP contribution in [0.1, 0.15) is 155 Å². The number of carbonyl (C=O) groups is 2. The van der Waals surface area contributed by atoms with Gasteiger partial charge in [0.05, 0.1) is 27.7 Å². The molecule has 0 aromatic carbocycles. The van der Waals surface area contributed by atoms with E-state index in [1.807, 2.05) is 21.1 Å². The largest absolute Gasteiger partial charge is 0.756 e. The molecule has 0 fully saturated rings. The van der Waals surface area contributed by atoms with Crippen LogP contribution in [-0.4, -0.2) is 70.0 Å². The maximum absolute atomic E-state index is 12.6. The van der Waals surface area contributed by atoms with E-state index >= 15 is 0 Å². The number of nitrogens with zero attached hydrogens (tertiary/aromatic N) is 1. The second-order valence-electron chi connectivity index (χ2n) is 14.6. The van der Waals surface area contributed by atoms with E-state index in [1.54, 1.807) is 0 Å². The van der Waals surface area contributed by atoms with Crippen molar-refractivity contribution in [3.63, 3.8) is 0 Å². The first-order valence-electron chi connectivity index (χ1n) is 20.3. The molecule has 0 spiro atoms. The number of ether oxygens (including phenoxy) is 2. The second kappa shape index (κ2) is 34.7. The molecule has 0 aliphatic heterocycles. The van der Waals surface area contributed by atoms with E-state index in [0.717, 1.165) is 83.5 Å². The Hall–Kier alpha value is -2.03. The lowest BCUT2D eigenvalue weighted by Gasteiger charge is -2.28. The minimum atomic E-state index is -4.63. The van der Waals surface area contributed by atoms with Crippen molar-refractivity contribution in [3.05, 3.63) is 48.6 Å². The highest BCUT2D eigenvalue weighted by Crippen LogP contribution is 2.38. The lowest BCUT2D eigenvalue weighted by atomic mass is 10.1. The Kier molecular flexibility index (Phi) is 33.4. The van der Waals surface area contributed by atoms with E-state index in [2.05, 4.69) is 62.5 Å². The van der Waals surface area contributed by atoms with E-state index in [9.17, 15) is 19.0 Å². The Bertz CT molecular complexity index is 1030. The lowest BCUT2D eigenvalue weighted by molar-refractivity contribution is -0.870. The van der Waals surface area contributed by atoms with Gasteiger partial charge in [-0.1, -0.05) is 120 Å². The number of likely N-dealkylation sites (N-methyl/N-ethyl adjacent to an activating group) is 1. The summed E-state index contributed by atoms with van der Waals surface area (Å²) < 4.78 is 33.8. The van der Waals surface area contributed by atoms with Crippen molar-refractivity contribution in [3.8, 4) is 0 Å². The normalized spacial score (nSPS) is 14.2. The van der Waals surface area contributed by atoms with Gasteiger partial charge in [0.2, 0.25) is 0 Å². The zero-order chi connectivity index (χ0) is 38.6. The molecule has 0 heterocycles. The molecular formula is C42H76NO8P. The second-order valence-corrected chi connectivity index (χ2v) is 16.1. The van der Waals surface area contributed by atoms with Gasteiger partial charge in [-0.15, -0.1) is 0 Å². The Labute approximate surface area is 318 Å². The summed E-state index contributed by atoms with van der Waals surface area (Å²) in [6.07, 6.45) is 38.5. The van der Waals surface area contributed by atoms with Gasteiger partial charge in [0.25, 0.3) is 7.82 Å². The fraction of sp³-hybridized carbons (Fsp3) is 0.762. The first kappa shape index (κ1) is 50.0. The molecule has 2 unspecified atom stereocenters. The summed E-state index contributed by atoms with van der Waals surface area (Å²) in [4.78, 5) is 37.4. The standard InChI is InChI=1S/C42H76NO8P/c1-6-8-10-12-14-16-18-20-21-23-25-27-29-31-33-35-42(45)51-40(39-50-52(46,47)49-37-36-43(3,4)5)38-48-41(44)34-32-30-28-26-24-22-19-17-15-13-11-9-7-2/h11,13-14,16-17,19-21,40H,6-10,12,15,18,22-39H2,1-5H3/b13-11-,16-14-,19-17-,21-20-. The van der Waals surface area contributed by atoms with Crippen LogP contribution in [0.4, 0.5) is 0 Å². The van der Waals surface area contributed by atoms with Crippen LogP contribution in [0.15, 0.2) is 48.6 Å². The third-order valence-corrected chi connectivity index (χ3v) is 9.27. The highest BCUT2D eigenvalue weighted by atomic mass is 31.2. The highest BCUT2D eigenvalue weighted by molar-refractivity contribution is 7.45. The number of hydrogen-bond acceptors (Lipinski definition) is 8. The SMILES string of the molecule is CCC/C=C\C/C=C\CCCCCCCC(=O)OCC(COP(=O)([O-])OCC[N+](C)(C)C)OC(=O)CCCCCCC/C=C\C/C=C\CCCCC. The summed E-state index contributed by atoms with van der Waals surface area (Å²) in [6, 6.07) is 0. The van der Waals surface area contributed by atoms with Crippen molar-refractivity contribution >= 4 is 19.8 Å². The number of carbonyl (C=O) groups excluding carboxylic acids is 2. The number of hydrogen-bond donors (Lipinski definition) is 0. The van der Waals surface area contributed by atoms with Crippen molar-refractivity contribution in [1.29, 1.82) is 0 Å². The first-order chi connectivity index (χ1) is 25.0. The average Bonchev–Trinajstić information content (AvgIpc) is 3.09. The Balaban J connectivity index is 4.46. The van der Waals surface area contributed by atoms with Crippen molar-refractivity contribution in [2.45, 2.75) is 161 Å². The van der Waals surface area contributed by atoms with Crippen LogP contribution in [0, 0.1) is 0 Å². The quantitative estimate of drug-likeness (QED) is 0.0204. The van der Waals surface area contributed by atoms with Crippen molar-refractivity contribution in [2.75, 3.05) is 47.5 Å². The van der Waals surface area contributed by atoms with Crippen LogP contribution in [0.25, 0.3) is 0 Å². The van der Waals surface area contributed by atoms with Crippen molar-refractivity contribution in [2.24, 2.45) is 0 Å². The Morgan fingerprint density at radius 3 is 1.60 bits per heavy atom. The van der Waals surface area contributed by atoms with Gasteiger partial charge in [0.15, 0.2) is 6.10 Å². The number of unbranched alkanes of at least 4 members (excludes halogenated alkanes) is 14. The van der Waals surface area contributed by atoms with Crippen LogP contribution in [0.2, 0.25) is 0 Å². The van der Waals surface area contributed by atoms with Gasteiger partial charge in [0.1, 0.15) is 19.8 Å². The summed E-state index contributed by atoms with van der Waals surface area (Å²) in [5.41, 5.74) is 0. The molecule has 0 aliphatic rings. The van der Waals surface area contributed by atoms with E-state index in [-0.39, 0.29) is 26.1 Å². The van der Waals surface area contributed by atoms with Gasteiger partial charge in [-0.05, 0) is 70.6 Å². The third-order valence-electron chi connectivity index (χ3n) is 8.30. The van der Waals surface area contributed by atoms with Gasteiger partial charge in [-0.2, -0.15) is 0 Å². The van der Waals surface area contributed by atoms with Gasteiger partial charge < -0.3 is 27.9 Å². The first-order valence-corrected chi connectivity index (χ1v) is 21.8. The summed E-state index contributed by atoms with van der Waals surface area (Å²) >= 11 is 0. The summed E-state index contributed by atoms with van der Waals surface area (Å²) in [6.45, 7) is 4.08. The molecule has 0 amide bonds. The van der Waals surface area contributed by atoms with E-state index in [4.69, 9.17) is 18.5 Å². The van der Waals surface area contributed by atoms with Gasteiger partial charge in [-0.3, -0.25) is 14.2 Å². The molecule has 302 valence electrons. The monoisotopic (exact) mass is 754 g/mol. The van der Waals surface area contributed by atoms with E-state index in [1.165, 1.54) is 32.1 Å². The molecule has 0 saturated heterocycles. The zero-order valence-electron chi connectivity index (χ0n) is 33.7. The van der Waals surface area contributed by atoms with Crippen LogP contribution < -0.4 is 4.89 Å². The smallest absolute Gasteiger partial charge is 0.306 e. The van der Waals surface area contributed by atoms with E-state index in [0.29, 0.717) is 23.9 Å². The predicted molar refractivity (Wildman–Crippen MR) is 213 cm³/mol. The molecule has 0 N–H and O–H groups in total. The topological polar surface area (TPSA) is 111 Å². The number of rotatable bonds is 36. The minimum Gasteiger partial charge on any atom is -0.756 e. The van der Waals surface area contributed by atoms with Crippen LogP contribution in [0.5, 0.6) is 0 Å². The Morgan fingerprint density at radius 2 is 1.08 bits per heavy atom. The summed E-state index contributed by atoms with van der Waals surface area (Å²) in [5, 5.41) is 0. The summed E-state index contributed by atoms with van der Waals surface area (Å²) in [5.74, 6) is -0.872. The Morgan fingerprint density at radius 1 is 0.596 bits per heavy atom. The lowest BCUT2D eigenvalue weighted by Crippen LogP contribution is -2.37. The molecule has 0 radical (unpaired) electrons. The number of allylic oxidation sites excluding steroid dienone is 8. The predicted octanol–water partition coefficient (Wildman–Crippen LogP) is 10.5. The highest BCUT2D eigenvalue weighted by Gasteiger charge is 2.21. The fourth-order valence-electron chi connectivity index (χ4n) is 5.07. The molecule has 2 atom stereocenters. The average molecular weight is 754 g/mol.